The van der Waals surface area contributed by atoms with Gasteiger partial charge in [-0.3, -0.25) is 9.69 Å². The zero-order chi connectivity index (χ0) is 22.6. The molecule has 0 bridgehead atoms. The van der Waals surface area contributed by atoms with Gasteiger partial charge in [0.25, 0.3) is 5.91 Å². The van der Waals surface area contributed by atoms with E-state index in [1.165, 1.54) is 17.5 Å². The highest BCUT2D eigenvalue weighted by Crippen LogP contribution is 2.38. The van der Waals surface area contributed by atoms with Crippen molar-refractivity contribution in [2.24, 2.45) is 0 Å². The van der Waals surface area contributed by atoms with Crippen LogP contribution in [0.3, 0.4) is 0 Å². The summed E-state index contributed by atoms with van der Waals surface area (Å²) in [5, 5.41) is 2.93. The van der Waals surface area contributed by atoms with Gasteiger partial charge in [0, 0.05) is 23.8 Å². The maximum Gasteiger partial charge on any atom is 0.255 e. The molecule has 1 N–H and O–H groups in total. The molecule has 2 heterocycles. The number of fused-ring (bicyclic) bond motifs is 1. The van der Waals surface area contributed by atoms with Crippen LogP contribution in [0, 0.1) is 0 Å². The minimum Gasteiger partial charge on any atom is -0.497 e. The van der Waals surface area contributed by atoms with Gasteiger partial charge in [-0.05, 0) is 79.0 Å². The molecule has 5 rings (SSSR count). The Morgan fingerprint density at radius 1 is 1.00 bits per heavy atom. The molecule has 1 saturated heterocycles. The molecule has 1 atom stereocenters. The van der Waals surface area contributed by atoms with Crippen LogP contribution < -0.4 is 19.5 Å². The molecular formula is C27H28N2O4. The van der Waals surface area contributed by atoms with E-state index in [0.717, 1.165) is 42.4 Å². The highest BCUT2D eigenvalue weighted by molar-refractivity contribution is 6.04. The molecule has 6 heteroatoms. The monoisotopic (exact) mass is 444 g/mol. The van der Waals surface area contributed by atoms with Crippen LogP contribution in [0.4, 0.5) is 5.69 Å². The Balaban J connectivity index is 1.23. The predicted molar refractivity (Wildman–Crippen MR) is 127 cm³/mol. The van der Waals surface area contributed by atoms with E-state index in [1.807, 2.05) is 54.6 Å². The van der Waals surface area contributed by atoms with Gasteiger partial charge < -0.3 is 19.5 Å². The second-order valence-corrected chi connectivity index (χ2v) is 8.41. The molecule has 1 amide bonds. The van der Waals surface area contributed by atoms with E-state index in [-0.39, 0.29) is 5.91 Å². The second kappa shape index (κ2) is 9.55. The molecule has 0 radical (unpaired) electrons. The first kappa shape index (κ1) is 21.3. The van der Waals surface area contributed by atoms with E-state index < -0.39 is 0 Å². The minimum atomic E-state index is -0.123. The third kappa shape index (κ3) is 4.81. The summed E-state index contributed by atoms with van der Waals surface area (Å²) in [6.45, 7) is 3.11. The number of carbonyl (C=O) groups excluding carboxylic acids is 1. The largest absolute Gasteiger partial charge is 0.497 e. The Morgan fingerprint density at radius 2 is 1.76 bits per heavy atom. The van der Waals surface area contributed by atoms with Crippen molar-refractivity contribution in [2.45, 2.75) is 25.4 Å². The van der Waals surface area contributed by atoms with Crippen LogP contribution in [0.25, 0.3) is 0 Å². The molecule has 0 aromatic heterocycles. The Bertz CT molecular complexity index is 1110. The number of hydrogen-bond donors (Lipinski definition) is 1. The van der Waals surface area contributed by atoms with Crippen molar-refractivity contribution in [1.82, 2.24) is 4.90 Å². The zero-order valence-corrected chi connectivity index (χ0v) is 18.8. The van der Waals surface area contributed by atoms with Crippen molar-refractivity contribution in [3.8, 4) is 17.2 Å². The van der Waals surface area contributed by atoms with E-state index in [2.05, 4.69) is 22.3 Å². The van der Waals surface area contributed by atoms with Gasteiger partial charge >= 0.3 is 0 Å². The SMILES string of the molecule is COc1ccc(NC(=O)c2ccc(CN3CCC[C@@H]3c3ccc4c(c3)OCCO4)cc2)cc1. The lowest BCUT2D eigenvalue weighted by molar-refractivity contribution is 0.102. The van der Waals surface area contributed by atoms with Crippen molar-refractivity contribution in [3.05, 3.63) is 83.4 Å². The van der Waals surface area contributed by atoms with Crippen LogP contribution in [0.1, 0.15) is 40.4 Å². The number of methoxy groups -OCH3 is 1. The minimum absolute atomic E-state index is 0.123. The summed E-state index contributed by atoms with van der Waals surface area (Å²) in [6, 6.07) is 21.9. The summed E-state index contributed by atoms with van der Waals surface area (Å²) in [5.74, 6) is 2.31. The molecule has 3 aromatic carbocycles. The Morgan fingerprint density at radius 3 is 2.52 bits per heavy atom. The average Bonchev–Trinajstić information content (AvgIpc) is 3.32. The van der Waals surface area contributed by atoms with Gasteiger partial charge in [0.1, 0.15) is 19.0 Å². The molecule has 0 unspecified atom stereocenters. The van der Waals surface area contributed by atoms with Gasteiger partial charge in [-0.15, -0.1) is 0 Å². The van der Waals surface area contributed by atoms with Crippen molar-refractivity contribution in [3.63, 3.8) is 0 Å². The topological polar surface area (TPSA) is 60.0 Å². The summed E-state index contributed by atoms with van der Waals surface area (Å²) in [4.78, 5) is 15.1. The number of benzene rings is 3. The number of hydrogen-bond acceptors (Lipinski definition) is 5. The van der Waals surface area contributed by atoms with Gasteiger partial charge in [0.2, 0.25) is 0 Å². The third-order valence-electron chi connectivity index (χ3n) is 6.26. The quantitative estimate of drug-likeness (QED) is 0.576. The molecule has 3 aromatic rings. The third-order valence-corrected chi connectivity index (χ3v) is 6.26. The molecule has 0 saturated carbocycles. The molecule has 6 nitrogen and oxygen atoms in total. The molecule has 0 spiro atoms. The molecule has 2 aliphatic rings. The first-order valence-electron chi connectivity index (χ1n) is 11.4. The van der Waals surface area contributed by atoms with Crippen LogP contribution in [0.2, 0.25) is 0 Å². The fourth-order valence-electron chi connectivity index (χ4n) is 4.53. The Hall–Kier alpha value is -3.51. The summed E-state index contributed by atoms with van der Waals surface area (Å²) < 4.78 is 16.6. The van der Waals surface area contributed by atoms with Crippen LogP contribution in [-0.2, 0) is 6.54 Å². The number of carbonyl (C=O) groups is 1. The summed E-state index contributed by atoms with van der Waals surface area (Å²) in [7, 11) is 1.62. The number of ether oxygens (including phenoxy) is 3. The molecule has 1 fully saturated rings. The normalized spacial score (nSPS) is 17.5. The van der Waals surface area contributed by atoms with Crippen LogP contribution in [-0.4, -0.2) is 37.7 Å². The zero-order valence-electron chi connectivity index (χ0n) is 18.8. The lowest BCUT2D eigenvalue weighted by atomic mass is 10.0. The van der Waals surface area contributed by atoms with Crippen molar-refractivity contribution in [2.75, 3.05) is 32.2 Å². The van der Waals surface area contributed by atoms with E-state index in [1.54, 1.807) is 7.11 Å². The number of likely N-dealkylation sites (tertiary alicyclic amines) is 1. The van der Waals surface area contributed by atoms with E-state index in [9.17, 15) is 4.79 Å². The predicted octanol–water partition coefficient (Wildman–Crippen LogP) is 5.06. The van der Waals surface area contributed by atoms with Crippen molar-refractivity contribution in [1.29, 1.82) is 0 Å². The van der Waals surface area contributed by atoms with Crippen molar-refractivity contribution < 1.29 is 19.0 Å². The highest BCUT2D eigenvalue weighted by Gasteiger charge is 2.27. The van der Waals surface area contributed by atoms with Crippen LogP contribution in [0.15, 0.2) is 66.7 Å². The molecule has 2 aliphatic heterocycles. The van der Waals surface area contributed by atoms with Crippen molar-refractivity contribution >= 4 is 11.6 Å². The van der Waals surface area contributed by atoms with Crippen LogP contribution >= 0.6 is 0 Å². The highest BCUT2D eigenvalue weighted by atomic mass is 16.6. The number of rotatable bonds is 6. The molecule has 0 aliphatic carbocycles. The first-order chi connectivity index (χ1) is 16.2. The summed E-state index contributed by atoms with van der Waals surface area (Å²) >= 11 is 0. The lowest BCUT2D eigenvalue weighted by Crippen LogP contribution is -2.23. The smallest absolute Gasteiger partial charge is 0.255 e. The summed E-state index contributed by atoms with van der Waals surface area (Å²) in [6.07, 6.45) is 2.30. The standard InChI is InChI=1S/C27H28N2O4/c1-31-23-11-9-22(10-12-23)28-27(30)20-6-4-19(5-7-20)18-29-14-2-3-24(29)21-8-13-25-26(17-21)33-16-15-32-25/h4-13,17,24H,2-3,14-16,18H2,1H3,(H,28,30)/t24-/m1/s1. The number of nitrogens with one attached hydrogen (secondary N) is 1. The van der Waals surface area contributed by atoms with Gasteiger partial charge in [-0.2, -0.15) is 0 Å². The number of amides is 1. The Kier molecular flexibility index (Phi) is 6.17. The number of nitrogens with zero attached hydrogens (tertiary/aromatic N) is 1. The second-order valence-electron chi connectivity index (χ2n) is 8.41. The van der Waals surface area contributed by atoms with Gasteiger partial charge in [0.15, 0.2) is 11.5 Å². The maximum atomic E-state index is 12.6. The Labute approximate surface area is 194 Å². The van der Waals surface area contributed by atoms with Gasteiger partial charge in [-0.25, -0.2) is 0 Å². The fourth-order valence-corrected chi connectivity index (χ4v) is 4.53. The average molecular weight is 445 g/mol. The molecule has 33 heavy (non-hydrogen) atoms. The van der Waals surface area contributed by atoms with E-state index in [4.69, 9.17) is 14.2 Å². The van der Waals surface area contributed by atoms with Gasteiger partial charge in [0.05, 0.1) is 7.11 Å². The summed E-state index contributed by atoms with van der Waals surface area (Å²) in [5.41, 5.74) is 3.84. The maximum absolute atomic E-state index is 12.6. The number of anilines is 1. The lowest BCUT2D eigenvalue weighted by Gasteiger charge is -2.26. The molecular weight excluding hydrogens is 416 g/mol. The van der Waals surface area contributed by atoms with E-state index >= 15 is 0 Å². The van der Waals surface area contributed by atoms with E-state index in [0.29, 0.717) is 24.8 Å². The van der Waals surface area contributed by atoms with Crippen LogP contribution in [0.5, 0.6) is 17.2 Å². The van der Waals surface area contributed by atoms with Gasteiger partial charge in [-0.1, -0.05) is 18.2 Å². The molecule has 170 valence electrons. The fraction of sp³-hybridized carbons (Fsp3) is 0.296. The first-order valence-corrected chi connectivity index (χ1v) is 11.4.